The standard InChI is InChI=1S/C18H12Br2N6O2/c19-9-4-5-10(28)12(20)11(9)14-13(7-2-1-3-8(27)6-7)23-15-16(21)25-18(22)26-17(15)24-14/h1-6,27-28H,(H4,21,22,24,25,26). The van der Waals surface area contributed by atoms with E-state index in [4.69, 9.17) is 11.5 Å². The lowest BCUT2D eigenvalue weighted by atomic mass is 10.0. The van der Waals surface area contributed by atoms with Crippen molar-refractivity contribution in [3.8, 4) is 34.0 Å². The van der Waals surface area contributed by atoms with Crippen LogP contribution in [0, 0.1) is 0 Å². The highest BCUT2D eigenvalue weighted by molar-refractivity contribution is 9.11. The molecule has 0 aliphatic heterocycles. The topological polar surface area (TPSA) is 144 Å². The molecule has 0 radical (unpaired) electrons. The largest absolute Gasteiger partial charge is 0.508 e. The molecule has 0 unspecified atom stereocenters. The number of nitrogens with two attached hydrogens (primary N) is 2. The first kappa shape index (κ1) is 18.4. The molecule has 0 saturated carbocycles. The first-order chi connectivity index (χ1) is 13.3. The van der Waals surface area contributed by atoms with Crippen LogP contribution in [0.4, 0.5) is 11.8 Å². The highest BCUT2D eigenvalue weighted by Gasteiger charge is 2.21. The van der Waals surface area contributed by atoms with Crippen molar-refractivity contribution < 1.29 is 10.2 Å². The first-order valence-corrected chi connectivity index (χ1v) is 9.51. The average molecular weight is 504 g/mol. The molecule has 0 amide bonds. The quantitative estimate of drug-likeness (QED) is 0.322. The molecule has 0 spiro atoms. The highest BCUT2D eigenvalue weighted by Crippen LogP contribution is 2.43. The van der Waals surface area contributed by atoms with Gasteiger partial charge < -0.3 is 21.7 Å². The molecule has 2 aromatic carbocycles. The second kappa shape index (κ2) is 6.88. The molecule has 8 nitrogen and oxygen atoms in total. The molecule has 6 N–H and O–H groups in total. The summed E-state index contributed by atoms with van der Waals surface area (Å²) >= 11 is 6.89. The number of fused-ring (bicyclic) bond motifs is 1. The van der Waals surface area contributed by atoms with Crippen LogP contribution in [-0.4, -0.2) is 30.1 Å². The van der Waals surface area contributed by atoms with Crippen molar-refractivity contribution in [2.75, 3.05) is 11.5 Å². The third kappa shape index (κ3) is 3.10. The Kier molecular flexibility index (Phi) is 4.52. The van der Waals surface area contributed by atoms with Crippen molar-refractivity contribution in [1.29, 1.82) is 0 Å². The number of aromatic nitrogens is 4. The van der Waals surface area contributed by atoms with Crippen LogP contribution in [0.2, 0.25) is 0 Å². The number of aromatic hydroxyl groups is 2. The summed E-state index contributed by atoms with van der Waals surface area (Å²) in [6.45, 7) is 0. The molecule has 0 atom stereocenters. The Bertz CT molecular complexity index is 1250. The lowest BCUT2D eigenvalue weighted by Crippen LogP contribution is -2.05. The van der Waals surface area contributed by atoms with Gasteiger partial charge in [-0.15, -0.1) is 0 Å². The summed E-state index contributed by atoms with van der Waals surface area (Å²) in [6, 6.07) is 9.80. The molecule has 2 aromatic heterocycles. The summed E-state index contributed by atoms with van der Waals surface area (Å²) in [5.41, 5.74) is 14.2. The van der Waals surface area contributed by atoms with Gasteiger partial charge in [-0.1, -0.05) is 28.1 Å². The Morgan fingerprint density at radius 3 is 2.39 bits per heavy atom. The molecular formula is C18H12Br2N6O2. The molecule has 10 heteroatoms. The number of anilines is 2. The van der Waals surface area contributed by atoms with Gasteiger partial charge in [0.05, 0.1) is 10.2 Å². The number of nitrogens with zero attached hydrogens (tertiary/aromatic N) is 4. The summed E-state index contributed by atoms with van der Waals surface area (Å²) in [5, 5.41) is 20.1. The fourth-order valence-electron chi connectivity index (χ4n) is 2.77. The third-order valence-electron chi connectivity index (χ3n) is 4.00. The number of phenolic OH excluding ortho intramolecular Hbond substituents is 2. The van der Waals surface area contributed by atoms with Crippen LogP contribution in [0.5, 0.6) is 11.5 Å². The zero-order valence-corrected chi connectivity index (χ0v) is 17.2. The summed E-state index contributed by atoms with van der Waals surface area (Å²) in [4.78, 5) is 17.3. The average Bonchev–Trinajstić information content (AvgIpc) is 2.64. The van der Waals surface area contributed by atoms with Crippen LogP contribution in [0.3, 0.4) is 0 Å². The van der Waals surface area contributed by atoms with Gasteiger partial charge in [0, 0.05) is 15.6 Å². The number of hydrogen-bond donors (Lipinski definition) is 4. The summed E-state index contributed by atoms with van der Waals surface area (Å²) in [6.07, 6.45) is 0. The van der Waals surface area contributed by atoms with Crippen molar-refractivity contribution in [3.63, 3.8) is 0 Å². The molecule has 140 valence electrons. The summed E-state index contributed by atoms with van der Waals surface area (Å²) in [7, 11) is 0. The van der Waals surface area contributed by atoms with Gasteiger partial charge in [-0.05, 0) is 40.2 Å². The predicted molar refractivity (Wildman–Crippen MR) is 114 cm³/mol. The monoisotopic (exact) mass is 502 g/mol. The van der Waals surface area contributed by atoms with E-state index in [0.29, 0.717) is 31.5 Å². The van der Waals surface area contributed by atoms with E-state index in [9.17, 15) is 10.2 Å². The second-order valence-corrected chi connectivity index (χ2v) is 7.51. The lowest BCUT2D eigenvalue weighted by molar-refractivity contribution is 0.472. The molecule has 0 bridgehead atoms. The van der Waals surface area contributed by atoms with Gasteiger partial charge >= 0.3 is 0 Å². The summed E-state index contributed by atoms with van der Waals surface area (Å²) in [5.74, 6) is 0.172. The van der Waals surface area contributed by atoms with E-state index in [-0.39, 0.29) is 34.4 Å². The zero-order valence-electron chi connectivity index (χ0n) is 14.1. The van der Waals surface area contributed by atoms with Crippen LogP contribution in [0.25, 0.3) is 33.7 Å². The molecule has 4 aromatic rings. The molecule has 2 heterocycles. The van der Waals surface area contributed by atoms with E-state index >= 15 is 0 Å². The van der Waals surface area contributed by atoms with Crippen molar-refractivity contribution in [1.82, 2.24) is 19.9 Å². The van der Waals surface area contributed by atoms with Crippen LogP contribution < -0.4 is 11.5 Å². The van der Waals surface area contributed by atoms with Crippen molar-refractivity contribution in [3.05, 3.63) is 45.3 Å². The number of rotatable bonds is 2. The molecule has 0 aliphatic rings. The smallest absolute Gasteiger partial charge is 0.224 e. The van der Waals surface area contributed by atoms with Gasteiger partial charge in [-0.3, -0.25) is 0 Å². The fourth-order valence-corrected chi connectivity index (χ4v) is 4.09. The van der Waals surface area contributed by atoms with E-state index in [2.05, 4.69) is 51.8 Å². The van der Waals surface area contributed by atoms with E-state index in [1.54, 1.807) is 30.3 Å². The van der Waals surface area contributed by atoms with E-state index in [1.165, 1.54) is 6.07 Å². The maximum Gasteiger partial charge on any atom is 0.224 e. The Labute approximate surface area is 175 Å². The molecular weight excluding hydrogens is 492 g/mol. The Morgan fingerprint density at radius 1 is 0.857 bits per heavy atom. The minimum absolute atomic E-state index is 0.0237. The molecule has 4 rings (SSSR count). The van der Waals surface area contributed by atoms with Crippen LogP contribution in [0.15, 0.2) is 45.3 Å². The third-order valence-corrected chi connectivity index (χ3v) is 5.47. The number of nitrogen functional groups attached to an aromatic ring is 2. The van der Waals surface area contributed by atoms with Gasteiger partial charge in [0.1, 0.15) is 17.2 Å². The minimum atomic E-state index is -0.0237. The van der Waals surface area contributed by atoms with Gasteiger partial charge in [-0.25, -0.2) is 9.97 Å². The first-order valence-electron chi connectivity index (χ1n) is 7.92. The number of phenols is 2. The van der Waals surface area contributed by atoms with Crippen LogP contribution in [0.1, 0.15) is 0 Å². The Hall–Kier alpha value is -2.98. The maximum atomic E-state index is 10.2. The minimum Gasteiger partial charge on any atom is -0.508 e. The summed E-state index contributed by atoms with van der Waals surface area (Å²) < 4.78 is 1.09. The van der Waals surface area contributed by atoms with Crippen molar-refractivity contribution in [2.45, 2.75) is 0 Å². The number of hydrogen-bond acceptors (Lipinski definition) is 8. The predicted octanol–water partition coefficient (Wildman–Crippen LogP) is 3.85. The highest BCUT2D eigenvalue weighted by atomic mass is 79.9. The molecule has 0 fully saturated rings. The molecule has 0 saturated heterocycles. The van der Waals surface area contributed by atoms with Gasteiger partial charge in [0.2, 0.25) is 5.95 Å². The maximum absolute atomic E-state index is 10.2. The van der Waals surface area contributed by atoms with Crippen LogP contribution in [-0.2, 0) is 0 Å². The Balaban J connectivity index is 2.15. The lowest BCUT2D eigenvalue weighted by Gasteiger charge is -2.14. The fraction of sp³-hybridized carbons (Fsp3) is 0. The van der Waals surface area contributed by atoms with E-state index < -0.39 is 0 Å². The second-order valence-electron chi connectivity index (χ2n) is 5.87. The van der Waals surface area contributed by atoms with E-state index in [1.807, 2.05) is 0 Å². The van der Waals surface area contributed by atoms with Crippen molar-refractivity contribution >= 4 is 54.8 Å². The van der Waals surface area contributed by atoms with Crippen molar-refractivity contribution in [2.24, 2.45) is 0 Å². The van der Waals surface area contributed by atoms with Gasteiger partial charge in [-0.2, -0.15) is 9.97 Å². The van der Waals surface area contributed by atoms with Gasteiger partial charge in [0.25, 0.3) is 0 Å². The normalized spacial score (nSPS) is 11.1. The van der Waals surface area contributed by atoms with Gasteiger partial charge in [0.15, 0.2) is 17.0 Å². The molecule has 28 heavy (non-hydrogen) atoms. The molecule has 0 aliphatic carbocycles. The van der Waals surface area contributed by atoms with E-state index in [0.717, 1.165) is 0 Å². The zero-order chi connectivity index (χ0) is 20.0. The number of halogens is 2. The Morgan fingerprint density at radius 2 is 1.64 bits per heavy atom. The SMILES string of the molecule is Nc1nc(N)c2nc(-c3cccc(O)c3)c(-c3c(Br)ccc(O)c3Br)nc2n1. The van der Waals surface area contributed by atoms with Crippen LogP contribution >= 0.6 is 31.9 Å². The number of benzene rings is 2.